The molecule has 0 saturated carbocycles. The number of aliphatic hydroxyl groups is 1. The standard InChI is InChI=1S/C9H12BrNOS/c1-9(12)5-11(6-9)3-8-2-7(10)4-13-8/h2,4,12H,3,5-6H2,1H3. The Balaban J connectivity index is 1.87. The third kappa shape index (κ3) is 2.31. The molecule has 1 aromatic rings. The molecule has 0 spiro atoms. The van der Waals surface area contributed by atoms with Crippen molar-refractivity contribution in [2.75, 3.05) is 13.1 Å². The van der Waals surface area contributed by atoms with Gasteiger partial charge in [-0.2, -0.15) is 0 Å². The first-order valence-corrected chi connectivity index (χ1v) is 5.90. The highest BCUT2D eigenvalue weighted by atomic mass is 79.9. The van der Waals surface area contributed by atoms with Crippen LogP contribution in [0.15, 0.2) is 15.9 Å². The Bertz CT molecular complexity index is 302. The van der Waals surface area contributed by atoms with Crippen molar-refractivity contribution < 1.29 is 5.11 Å². The summed E-state index contributed by atoms with van der Waals surface area (Å²) in [5.74, 6) is 0. The average molecular weight is 262 g/mol. The van der Waals surface area contributed by atoms with Crippen LogP contribution in [0.4, 0.5) is 0 Å². The highest BCUT2D eigenvalue weighted by molar-refractivity contribution is 9.10. The molecule has 1 aliphatic heterocycles. The van der Waals surface area contributed by atoms with Gasteiger partial charge in [-0.05, 0) is 28.9 Å². The molecular weight excluding hydrogens is 250 g/mol. The van der Waals surface area contributed by atoms with Crippen LogP contribution < -0.4 is 0 Å². The van der Waals surface area contributed by atoms with Gasteiger partial charge < -0.3 is 5.11 Å². The normalized spacial score (nSPS) is 21.5. The monoisotopic (exact) mass is 261 g/mol. The van der Waals surface area contributed by atoms with Gasteiger partial charge in [0.2, 0.25) is 0 Å². The van der Waals surface area contributed by atoms with Gasteiger partial charge in [0.1, 0.15) is 0 Å². The van der Waals surface area contributed by atoms with E-state index >= 15 is 0 Å². The van der Waals surface area contributed by atoms with Crippen LogP contribution in [0.3, 0.4) is 0 Å². The minimum Gasteiger partial charge on any atom is -0.388 e. The molecule has 2 nitrogen and oxygen atoms in total. The zero-order chi connectivity index (χ0) is 9.47. The fraction of sp³-hybridized carbons (Fsp3) is 0.556. The van der Waals surface area contributed by atoms with Crippen molar-refractivity contribution in [3.63, 3.8) is 0 Å². The zero-order valence-corrected chi connectivity index (χ0v) is 9.86. The Kier molecular flexibility index (Phi) is 2.49. The number of nitrogens with zero attached hydrogens (tertiary/aromatic N) is 1. The van der Waals surface area contributed by atoms with Crippen molar-refractivity contribution in [3.05, 3.63) is 20.8 Å². The fourth-order valence-electron chi connectivity index (χ4n) is 1.69. The molecule has 0 amide bonds. The second kappa shape index (κ2) is 3.35. The van der Waals surface area contributed by atoms with Crippen LogP contribution in [0, 0.1) is 0 Å². The van der Waals surface area contributed by atoms with Gasteiger partial charge in [-0.15, -0.1) is 11.3 Å². The minimum absolute atomic E-state index is 0.450. The van der Waals surface area contributed by atoms with E-state index in [0.29, 0.717) is 0 Å². The molecule has 0 bridgehead atoms. The topological polar surface area (TPSA) is 23.5 Å². The van der Waals surface area contributed by atoms with E-state index in [-0.39, 0.29) is 0 Å². The molecule has 13 heavy (non-hydrogen) atoms. The van der Waals surface area contributed by atoms with Crippen LogP contribution in [0.2, 0.25) is 0 Å². The van der Waals surface area contributed by atoms with Crippen LogP contribution in [0.25, 0.3) is 0 Å². The Hall–Kier alpha value is 0.1000. The predicted molar refractivity (Wildman–Crippen MR) is 57.9 cm³/mol. The van der Waals surface area contributed by atoms with Gasteiger partial charge in [0.25, 0.3) is 0 Å². The lowest BCUT2D eigenvalue weighted by molar-refractivity contribution is -0.0867. The number of β-amino-alcohol motifs (C(OH)–C–C–N with tert-alkyl or cyclic N) is 1. The van der Waals surface area contributed by atoms with Gasteiger partial charge in [0.15, 0.2) is 0 Å². The van der Waals surface area contributed by atoms with Crippen molar-refractivity contribution >= 4 is 27.3 Å². The zero-order valence-electron chi connectivity index (χ0n) is 7.46. The Morgan fingerprint density at radius 1 is 1.69 bits per heavy atom. The number of hydrogen-bond acceptors (Lipinski definition) is 3. The maximum absolute atomic E-state index is 9.52. The molecule has 1 fully saturated rings. The van der Waals surface area contributed by atoms with E-state index in [2.05, 4.69) is 32.3 Å². The first kappa shape index (κ1) is 9.65. The molecular formula is C9H12BrNOS. The molecule has 2 heterocycles. The van der Waals surface area contributed by atoms with Gasteiger partial charge in [-0.3, -0.25) is 4.90 Å². The number of hydrogen-bond donors (Lipinski definition) is 1. The van der Waals surface area contributed by atoms with Gasteiger partial charge in [-0.1, -0.05) is 0 Å². The summed E-state index contributed by atoms with van der Waals surface area (Å²) in [6.07, 6.45) is 0. The maximum atomic E-state index is 9.52. The quantitative estimate of drug-likeness (QED) is 0.882. The fourth-order valence-corrected chi connectivity index (χ4v) is 3.18. The minimum atomic E-state index is -0.450. The molecule has 4 heteroatoms. The van der Waals surface area contributed by atoms with Crippen molar-refractivity contribution in [2.24, 2.45) is 0 Å². The van der Waals surface area contributed by atoms with Gasteiger partial charge in [0, 0.05) is 34.4 Å². The second-order valence-electron chi connectivity index (χ2n) is 3.87. The molecule has 1 aromatic heterocycles. The number of halogens is 1. The number of thiophene rings is 1. The summed E-state index contributed by atoms with van der Waals surface area (Å²) in [5, 5.41) is 11.6. The number of rotatable bonds is 2. The number of likely N-dealkylation sites (tertiary alicyclic amines) is 1. The van der Waals surface area contributed by atoms with E-state index < -0.39 is 5.60 Å². The first-order valence-electron chi connectivity index (χ1n) is 4.23. The van der Waals surface area contributed by atoms with Crippen molar-refractivity contribution in [2.45, 2.75) is 19.1 Å². The summed E-state index contributed by atoms with van der Waals surface area (Å²) in [6.45, 7) is 4.44. The van der Waals surface area contributed by atoms with Crippen molar-refractivity contribution in [1.29, 1.82) is 0 Å². The third-order valence-electron chi connectivity index (χ3n) is 2.13. The molecule has 2 rings (SSSR count). The van der Waals surface area contributed by atoms with Crippen LogP contribution in [0.5, 0.6) is 0 Å². The van der Waals surface area contributed by atoms with Crippen LogP contribution >= 0.6 is 27.3 Å². The lowest BCUT2D eigenvalue weighted by atomic mass is 9.97. The first-order chi connectivity index (χ1) is 6.05. The largest absolute Gasteiger partial charge is 0.388 e. The van der Waals surface area contributed by atoms with E-state index in [1.54, 1.807) is 11.3 Å². The summed E-state index contributed by atoms with van der Waals surface area (Å²) < 4.78 is 1.15. The van der Waals surface area contributed by atoms with E-state index in [1.165, 1.54) is 4.88 Å². The molecule has 1 aliphatic rings. The molecule has 1 N–H and O–H groups in total. The SMILES string of the molecule is CC1(O)CN(Cc2cc(Br)cs2)C1. The summed E-state index contributed by atoms with van der Waals surface area (Å²) in [6, 6.07) is 2.14. The molecule has 1 saturated heterocycles. The van der Waals surface area contributed by atoms with Gasteiger partial charge in [-0.25, -0.2) is 0 Å². The summed E-state index contributed by atoms with van der Waals surface area (Å²) in [4.78, 5) is 3.60. The molecule has 0 unspecified atom stereocenters. The van der Waals surface area contributed by atoms with Crippen LogP contribution in [0.1, 0.15) is 11.8 Å². The van der Waals surface area contributed by atoms with Crippen molar-refractivity contribution in [1.82, 2.24) is 4.90 Å². The lowest BCUT2D eigenvalue weighted by Crippen LogP contribution is -2.59. The van der Waals surface area contributed by atoms with Crippen LogP contribution in [-0.4, -0.2) is 28.7 Å². The predicted octanol–water partition coefficient (Wildman–Crippen LogP) is 2.08. The van der Waals surface area contributed by atoms with E-state index in [4.69, 9.17) is 0 Å². The van der Waals surface area contributed by atoms with Gasteiger partial charge >= 0.3 is 0 Å². The average Bonchev–Trinajstić information content (AvgIpc) is 2.31. The van der Waals surface area contributed by atoms with Gasteiger partial charge in [0.05, 0.1) is 5.60 Å². The summed E-state index contributed by atoms with van der Waals surface area (Å²) >= 11 is 5.18. The molecule has 0 atom stereocenters. The third-order valence-corrected chi connectivity index (χ3v) is 3.81. The molecule has 0 radical (unpaired) electrons. The smallest absolute Gasteiger partial charge is 0.0872 e. The Labute approximate surface area is 90.3 Å². The highest BCUT2D eigenvalue weighted by Gasteiger charge is 2.36. The molecule has 72 valence electrons. The second-order valence-corrected chi connectivity index (χ2v) is 5.78. The highest BCUT2D eigenvalue weighted by Crippen LogP contribution is 2.26. The van der Waals surface area contributed by atoms with Crippen molar-refractivity contribution in [3.8, 4) is 0 Å². The van der Waals surface area contributed by atoms with E-state index in [0.717, 1.165) is 24.1 Å². The maximum Gasteiger partial charge on any atom is 0.0872 e. The summed E-state index contributed by atoms with van der Waals surface area (Å²) in [7, 11) is 0. The lowest BCUT2D eigenvalue weighted by Gasteiger charge is -2.44. The molecule has 0 aromatic carbocycles. The van der Waals surface area contributed by atoms with Crippen LogP contribution in [-0.2, 0) is 6.54 Å². The Morgan fingerprint density at radius 2 is 2.38 bits per heavy atom. The van der Waals surface area contributed by atoms with E-state index in [9.17, 15) is 5.11 Å². The summed E-state index contributed by atoms with van der Waals surface area (Å²) in [5.41, 5.74) is -0.450. The van der Waals surface area contributed by atoms with E-state index in [1.807, 2.05) is 6.92 Å². The molecule has 0 aliphatic carbocycles. The Morgan fingerprint density at radius 3 is 2.85 bits per heavy atom.